The first-order valence-corrected chi connectivity index (χ1v) is 1.98. The molecule has 6 heavy (non-hydrogen) atoms. The van der Waals surface area contributed by atoms with Gasteiger partial charge in [0.05, 0.1) is 0 Å². The third-order valence-corrected chi connectivity index (χ3v) is 0.750. The van der Waals surface area contributed by atoms with Crippen LogP contribution in [0.4, 0.5) is 0 Å². The van der Waals surface area contributed by atoms with E-state index in [1.54, 1.807) is 0 Å². The Morgan fingerprint density at radius 2 is 2.33 bits per heavy atom. The van der Waals surface area contributed by atoms with Crippen LogP contribution in [0.3, 0.4) is 0 Å². The standard InChI is InChI=1S/C4H7N.K.H/c1-2-4-5-3-1;;/h3H,1-2,4H2;;. The van der Waals surface area contributed by atoms with Gasteiger partial charge in [-0.2, -0.15) is 0 Å². The molecule has 0 amide bonds. The van der Waals surface area contributed by atoms with E-state index in [2.05, 4.69) is 4.99 Å². The van der Waals surface area contributed by atoms with Gasteiger partial charge in [0.15, 0.2) is 0 Å². The first-order valence-electron chi connectivity index (χ1n) is 1.98. The Balaban J connectivity index is 0.000000250. The number of rotatable bonds is 0. The van der Waals surface area contributed by atoms with Crippen molar-refractivity contribution in [3.63, 3.8) is 0 Å². The fourth-order valence-corrected chi connectivity index (χ4v) is 0.456. The van der Waals surface area contributed by atoms with Gasteiger partial charge in [0.1, 0.15) is 0 Å². The number of aliphatic imine (C=N–C) groups is 1. The number of nitrogens with zero attached hydrogens (tertiary/aromatic N) is 1. The van der Waals surface area contributed by atoms with Gasteiger partial charge in [-0.3, -0.25) is 4.99 Å². The van der Waals surface area contributed by atoms with Crippen LogP contribution in [0.5, 0.6) is 0 Å². The Morgan fingerprint density at radius 3 is 2.50 bits per heavy atom. The molecule has 0 spiro atoms. The molecule has 1 nitrogen and oxygen atoms in total. The van der Waals surface area contributed by atoms with Crippen molar-refractivity contribution in [2.24, 2.45) is 4.99 Å². The summed E-state index contributed by atoms with van der Waals surface area (Å²) < 4.78 is 0. The van der Waals surface area contributed by atoms with E-state index < -0.39 is 0 Å². The zero-order chi connectivity index (χ0) is 3.54. The molecule has 0 aromatic carbocycles. The summed E-state index contributed by atoms with van der Waals surface area (Å²) >= 11 is 0. The molecule has 2 heteroatoms. The first-order chi connectivity index (χ1) is 2.50. The fraction of sp³-hybridized carbons (Fsp3) is 0.750. The summed E-state index contributed by atoms with van der Waals surface area (Å²) in [7, 11) is 0. The van der Waals surface area contributed by atoms with Gasteiger partial charge in [0, 0.05) is 6.54 Å². The van der Waals surface area contributed by atoms with Gasteiger partial charge in [0.2, 0.25) is 0 Å². The van der Waals surface area contributed by atoms with Crippen LogP contribution in [0.2, 0.25) is 0 Å². The van der Waals surface area contributed by atoms with Crippen LogP contribution in [0.1, 0.15) is 12.8 Å². The average molecular weight is 109 g/mol. The quantitative estimate of drug-likeness (QED) is 0.394. The predicted octanol–water partition coefficient (Wildman–Crippen LogP) is 0.203. The summed E-state index contributed by atoms with van der Waals surface area (Å²) in [5.74, 6) is 0. The molecule has 1 rings (SSSR count). The predicted molar refractivity (Wildman–Crippen MR) is 29.7 cm³/mol. The Bertz CT molecular complexity index is 45.5. The molecule has 0 radical (unpaired) electrons. The fourth-order valence-electron chi connectivity index (χ4n) is 0.456. The molecular weight excluding hydrogens is 101 g/mol. The Kier molecular flexibility index (Phi) is 5.44. The summed E-state index contributed by atoms with van der Waals surface area (Å²) in [5, 5.41) is 0. The molecule has 0 N–H and O–H groups in total. The van der Waals surface area contributed by atoms with Crippen molar-refractivity contribution in [3.05, 3.63) is 0 Å². The van der Waals surface area contributed by atoms with Gasteiger partial charge in [-0.25, -0.2) is 0 Å². The van der Waals surface area contributed by atoms with Gasteiger partial charge in [-0.15, -0.1) is 0 Å². The molecule has 0 fully saturated rings. The summed E-state index contributed by atoms with van der Waals surface area (Å²) in [6.45, 7) is 1.07. The summed E-state index contributed by atoms with van der Waals surface area (Å²) in [4.78, 5) is 3.96. The monoisotopic (exact) mass is 109 g/mol. The molecule has 0 saturated heterocycles. The van der Waals surface area contributed by atoms with E-state index in [1.807, 2.05) is 6.21 Å². The molecule has 0 saturated carbocycles. The van der Waals surface area contributed by atoms with E-state index in [0.717, 1.165) is 6.54 Å². The summed E-state index contributed by atoms with van der Waals surface area (Å²) in [6, 6.07) is 0. The molecule has 0 unspecified atom stereocenters. The summed E-state index contributed by atoms with van der Waals surface area (Å²) in [5.41, 5.74) is 0. The van der Waals surface area contributed by atoms with Crippen LogP contribution in [0.15, 0.2) is 4.99 Å². The third kappa shape index (κ3) is 2.47. The van der Waals surface area contributed by atoms with E-state index in [1.165, 1.54) is 12.8 Å². The van der Waals surface area contributed by atoms with E-state index >= 15 is 0 Å². The molecule has 30 valence electrons. The van der Waals surface area contributed by atoms with Crippen molar-refractivity contribution < 1.29 is 0 Å². The van der Waals surface area contributed by atoms with Crippen molar-refractivity contribution >= 4 is 57.6 Å². The van der Waals surface area contributed by atoms with E-state index in [0.29, 0.717) is 0 Å². The average Bonchev–Trinajstić information content (AvgIpc) is 1.76. The zero-order valence-electron chi connectivity index (χ0n) is 3.15. The molecule has 1 heterocycles. The Morgan fingerprint density at radius 1 is 1.50 bits per heavy atom. The minimum absolute atomic E-state index is 0. The van der Waals surface area contributed by atoms with Crippen LogP contribution in [-0.4, -0.2) is 64.1 Å². The van der Waals surface area contributed by atoms with Gasteiger partial charge in [-0.1, -0.05) is 0 Å². The normalized spacial score (nSPS) is 17.3. The van der Waals surface area contributed by atoms with Crippen LogP contribution in [-0.2, 0) is 0 Å². The SMILES string of the molecule is C1=NCCC1.[KH]. The van der Waals surface area contributed by atoms with Crippen LogP contribution < -0.4 is 0 Å². The van der Waals surface area contributed by atoms with Gasteiger partial charge >= 0.3 is 51.4 Å². The summed E-state index contributed by atoms with van der Waals surface area (Å²) in [6.07, 6.45) is 4.47. The van der Waals surface area contributed by atoms with Crippen molar-refractivity contribution in [1.82, 2.24) is 0 Å². The van der Waals surface area contributed by atoms with E-state index in [9.17, 15) is 0 Å². The molecular formula is C4H8KN. The Labute approximate surface area is 80.6 Å². The second-order valence-electron chi connectivity index (χ2n) is 1.23. The minimum atomic E-state index is 0. The van der Waals surface area contributed by atoms with Crippen molar-refractivity contribution in [2.75, 3.05) is 6.54 Å². The topological polar surface area (TPSA) is 12.4 Å². The first kappa shape index (κ1) is 7.31. The molecule has 0 aliphatic carbocycles. The van der Waals surface area contributed by atoms with Gasteiger partial charge in [-0.05, 0) is 19.1 Å². The molecule has 0 aromatic heterocycles. The maximum atomic E-state index is 3.96. The number of hydrogen-bond donors (Lipinski definition) is 0. The third-order valence-electron chi connectivity index (χ3n) is 0.750. The molecule has 1 aliphatic rings. The molecule has 0 atom stereocenters. The van der Waals surface area contributed by atoms with Crippen LogP contribution in [0.25, 0.3) is 0 Å². The van der Waals surface area contributed by atoms with Crippen LogP contribution in [0, 0.1) is 0 Å². The molecule has 0 bridgehead atoms. The Hall–Kier alpha value is 1.31. The van der Waals surface area contributed by atoms with Gasteiger partial charge in [0.25, 0.3) is 0 Å². The number of hydrogen-bond acceptors (Lipinski definition) is 1. The second-order valence-corrected chi connectivity index (χ2v) is 1.23. The van der Waals surface area contributed by atoms with E-state index in [4.69, 9.17) is 0 Å². The zero-order valence-corrected chi connectivity index (χ0v) is 3.15. The van der Waals surface area contributed by atoms with E-state index in [-0.39, 0.29) is 51.4 Å². The van der Waals surface area contributed by atoms with Gasteiger partial charge < -0.3 is 0 Å². The van der Waals surface area contributed by atoms with Crippen molar-refractivity contribution in [3.8, 4) is 0 Å². The molecule has 1 aliphatic heterocycles. The van der Waals surface area contributed by atoms with Crippen molar-refractivity contribution in [1.29, 1.82) is 0 Å². The van der Waals surface area contributed by atoms with Crippen LogP contribution >= 0.6 is 0 Å². The second kappa shape index (κ2) is 4.46. The maximum absolute atomic E-state index is 3.96. The van der Waals surface area contributed by atoms with Crippen molar-refractivity contribution in [2.45, 2.75) is 12.8 Å². The molecule has 0 aromatic rings.